The molecule has 0 aliphatic rings. The third kappa shape index (κ3) is 4.35. The van der Waals surface area contributed by atoms with Crippen molar-refractivity contribution in [3.05, 3.63) is 62.1 Å². The van der Waals surface area contributed by atoms with E-state index < -0.39 is 5.97 Å². The molecule has 0 heterocycles. The van der Waals surface area contributed by atoms with Gasteiger partial charge < -0.3 is 9.84 Å². The van der Waals surface area contributed by atoms with Crippen LogP contribution in [0.3, 0.4) is 0 Å². The summed E-state index contributed by atoms with van der Waals surface area (Å²) in [6.45, 7) is 0. The first-order chi connectivity index (χ1) is 9.54. The number of hydrogen-bond acceptors (Lipinski definition) is 2. The SMILES string of the molecule is O=C(O)/C=C/c1ccc(Oc2cccc(I)c2)cc1Br. The summed E-state index contributed by atoms with van der Waals surface area (Å²) in [6, 6.07) is 13.1. The number of aliphatic carboxylic acids is 1. The first kappa shape index (κ1) is 15.1. The smallest absolute Gasteiger partial charge is 0.328 e. The molecule has 5 heteroatoms. The van der Waals surface area contributed by atoms with E-state index >= 15 is 0 Å². The second-order valence-corrected chi connectivity index (χ2v) is 6.01. The van der Waals surface area contributed by atoms with Crippen LogP contribution in [0.4, 0.5) is 0 Å². The number of carboxylic acid groups (broad SMARTS) is 1. The van der Waals surface area contributed by atoms with Crippen molar-refractivity contribution in [1.29, 1.82) is 0 Å². The Morgan fingerprint density at radius 3 is 2.60 bits per heavy atom. The van der Waals surface area contributed by atoms with Crippen LogP contribution in [0.25, 0.3) is 6.08 Å². The minimum Gasteiger partial charge on any atom is -0.478 e. The van der Waals surface area contributed by atoms with E-state index in [2.05, 4.69) is 38.5 Å². The van der Waals surface area contributed by atoms with Gasteiger partial charge in [-0.15, -0.1) is 0 Å². The van der Waals surface area contributed by atoms with Crippen molar-refractivity contribution >= 4 is 50.6 Å². The minimum absolute atomic E-state index is 0.686. The van der Waals surface area contributed by atoms with Gasteiger partial charge in [0.2, 0.25) is 0 Å². The van der Waals surface area contributed by atoms with E-state index in [0.717, 1.165) is 25.4 Å². The van der Waals surface area contributed by atoms with Crippen molar-refractivity contribution in [2.75, 3.05) is 0 Å². The summed E-state index contributed by atoms with van der Waals surface area (Å²) in [6.07, 6.45) is 2.63. The van der Waals surface area contributed by atoms with Crippen molar-refractivity contribution < 1.29 is 14.6 Å². The van der Waals surface area contributed by atoms with E-state index in [4.69, 9.17) is 9.84 Å². The molecule has 2 aromatic carbocycles. The van der Waals surface area contributed by atoms with E-state index in [-0.39, 0.29) is 0 Å². The molecule has 0 spiro atoms. The fourth-order valence-corrected chi connectivity index (χ4v) is 2.54. The molecule has 1 N–H and O–H groups in total. The van der Waals surface area contributed by atoms with Gasteiger partial charge in [0, 0.05) is 14.1 Å². The largest absolute Gasteiger partial charge is 0.478 e. The van der Waals surface area contributed by atoms with Gasteiger partial charge in [0.25, 0.3) is 0 Å². The Morgan fingerprint density at radius 1 is 1.20 bits per heavy atom. The first-order valence-electron chi connectivity index (χ1n) is 5.68. The summed E-state index contributed by atoms with van der Waals surface area (Å²) in [5.41, 5.74) is 0.780. The van der Waals surface area contributed by atoms with Gasteiger partial charge in [-0.2, -0.15) is 0 Å². The van der Waals surface area contributed by atoms with Crippen LogP contribution < -0.4 is 4.74 Å². The number of carbonyl (C=O) groups is 1. The Morgan fingerprint density at radius 2 is 1.95 bits per heavy atom. The molecule has 20 heavy (non-hydrogen) atoms. The second-order valence-electron chi connectivity index (χ2n) is 3.91. The Labute approximate surface area is 138 Å². The van der Waals surface area contributed by atoms with Crippen molar-refractivity contribution in [2.24, 2.45) is 0 Å². The number of benzene rings is 2. The Balaban J connectivity index is 2.19. The Kier molecular flexibility index (Phi) is 5.19. The van der Waals surface area contributed by atoms with Crippen LogP contribution in [0.2, 0.25) is 0 Å². The number of hydrogen-bond donors (Lipinski definition) is 1. The fourth-order valence-electron chi connectivity index (χ4n) is 1.53. The summed E-state index contributed by atoms with van der Waals surface area (Å²) < 4.78 is 7.62. The number of carboxylic acids is 1. The lowest BCUT2D eigenvalue weighted by molar-refractivity contribution is -0.131. The molecule has 0 radical (unpaired) electrons. The van der Waals surface area contributed by atoms with Crippen molar-refractivity contribution in [3.8, 4) is 11.5 Å². The zero-order chi connectivity index (χ0) is 14.5. The van der Waals surface area contributed by atoms with Gasteiger partial charge in [0.05, 0.1) is 0 Å². The van der Waals surface area contributed by atoms with Gasteiger partial charge in [-0.1, -0.05) is 28.1 Å². The third-order valence-electron chi connectivity index (χ3n) is 2.41. The predicted octanol–water partition coefficient (Wildman–Crippen LogP) is 4.94. The lowest BCUT2D eigenvalue weighted by Gasteiger charge is -2.07. The topological polar surface area (TPSA) is 46.5 Å². The maximum Gasteiger partial charge on any atom is 0.328 e. The quantitative estimate of drug-likeness (QED) is 0.536. The highest BCUT2D eigenvalue weighted by molar-refractivity contribution is 14.1. The molecule has 2 rings (SSSR count). The van der Waals surface area contributed by atoms with Gasteiger partial charge >= 0.3 is 5.97 Å². The molecule has 0 saturated carbocycles. The van der Waals surface area contributed by atoms with E-state index in [1.807, 2.05) is 24.3 Å². The minimum atomic E-state index is -0.976. The highest BCUT2D eigenvalue weighted by Crippen LogP contribution is 2.28. The first-order valence-corrected chi connectivity index (χ1v) is 7.56. The Hall–Kier alpha value is -1.34. The van der Waals surface area contributed by atoms with Crippen LogP contribution in [0.1, 0.15) is 5.56 Å². The summed E-state index contributed by atoms with van der Waals surface area (Å²) in [5, 5.41) is 8.61. The molecule has 3 nitrogen and oxygen atoms in total. The van der Waals surface area contributed by atoms with E-state index in [1.54, 1.807) is 18.2 Å². The maximum absolute atomic E-state index is 10.5. The molecule has 0 fully saturated rings. The molecule has 102 valence electrons. The van der Waals surface area contributed by atoms with Gasteiger partial charge in [-0.25, -0.2) is 4.79 Å². The maximum atomic E-state index is 10.5. The molecule has 0 unspecified atom stereocenters. The van der Waals surface area contributed by atoms with Gasteiger partial charge in [-0.05, 0) is 64.6 Å². The molecule has 2 aromatic rings. The monoisotopic (exact) mass is 444 g/mol. The van der Waals surface area contributed by atoms with Crippen LogP contribution in [0.15, 0.2) is 53.0 Å². The standard InChI is InChI=1S/C15H10BrIO3/c16-14-9-13(6-4-10(14)5-7-15(18)19)20-12-3-1-2-11(17)8-12/h1-9H,(H,18,19)/b7-5+. The summed E-state index contributed by atoms with van der Waals surface area (Å²) in [4.78, 5) is 10.5. The van der Waals surface area contributed by atoms with Gasteiger partial charge in [-0.3, -0.25) is 0 Å². The van der Waals surface area contributed by atoms with Gasteiger partial charge in [0.15, 0.2) is 0 Å². The number of rotatable bonds is 4. The van der Waals surface area contributed by atoms with E-state index in [9.17, 15) is 4.79 Å². The highest BCUT2D eigenvalue weighted by Gasteiger charge is 2.02. The van der Waals surface area contributed by atoms with E-state index in [0.29, 0.717) is 5.75 Å². The molecule has 0 aromatic heterocycles. The van der Waals surface area contributed by atoms with Crippen molar-refractivity contribution in [1.82, 2.24) is 0 Å². The van der Waals surface area contributed by atoms with Crippen LogP contribution in [0.5, 0.6) is 11.5 Å². The Bertz CT molecular complexity index is 668. The molecule has 0 bridgehead atoms. The summed E-state index contributed by atoms with van der Waals surface area (Å²) in [5.74, 6) is 0.472. The van der Waals surface area contributed by atoms with Crippen LogP contribution >= 0.6 is 38.5 Å². The molecule has 0 amide bonds. The highest BCUT2D eigenvalue weighted by atomic mass is 127. The van der Waals surface area contributed by atoms with E-state index in [1.165, 1.54) is 6.08 Å². The predicted molar refractivity (Wildman–Crippen MR) is 90.0 cm³/mol. The van der Waals surface area contributed by atoms with Crippen LogP contribution in [-0.4, -0.2) is 11.1 Å². The average molecular weight is 445 g/mol. The molecule has 0 atom stereocenters. The fraction of sp³-hybridized carbons (Fsp3) is 0. The summed E-state index contributed by atoms with van der Waals surface area (Å²) >= 11 is 5.62. The molecule has 0 aliphatic heterocycles. The second kappa shape index (κ2) is 6.90. The zero-order valence-corrected chi connectivity index (χ0v) is 14.0. The molecule has 0 saturated heterocycles. The third-order valence-corrected chi connectivity index (χ3v) is 3.77. The average Bonchev–Trinajstić information content (AvgIpc) is 2.37. The molecule has 0 aliphatic carbocycles. The van der Waals surface area contributed by atoms with Gasteiger partial charge in [0.1, 0.15) is 11.5 Å². The normalized spacial score (nSPS) is 10.7. The van der Waals surface area contributed by atoms with Crippen molar-refractivity contribution in [2.45, 2.75) is 0 Å². The number of ether oxygens (including phenoxy) is 1. The molecular weight excluding hydrogens is 435 g/mol. The lowest BCUT2D eigenvalue weighted by atomic mass is 10.2. The van der Waals surface area contributed by atoms with Crippen LogP contribution in [0, 0.1) is 3.57 Å². The zero-order valence-electron chi connectivity index (χ0n) is 10.2. The lowest BCUT2D eigenvalue weighted by Crippen LogP contribution is -1.88. The molecular formula is C15H10BrIO3. The van der Waals surface area contributed by atoms with Crippen molar-refractivity contribution in [3.63, 3.8) is 0 Å². The number of halogens is 2. The summed E-state index contributed by atoms with van der Waals surface area (Å²) in [7, 11) is 0. The van der Waals surface area contributed by atoms with Crippen LogP contribution in [-0.2, 0) is 4.79 Å².